The minimum atomic E-state index is -0.638. The molecule has 0 aliphatic carbocycles. The maximum Gasteiger partial charge on any atom is 0.343 e. The van der Waals surface area contributed by atoms with Gasteiger partial charge in [0.25, 0.3) is 0 Å². The van der Waals surface area contributed by atoms with Gasteiger partial charge in [0, 0.05) is 0 Å². The van der Waals surface area contributed by atoms with Crippen LogP contribution in [0.25, 0.3) is 11.1 Å². The number of ether oxygens (including phenoxy) is 2. The molecule has 0 atom stereocenters. The molecule has 0 heterocycles. The second-order valence-electron chi connectivity index (χ2n) is 11.2. The number of unbranched alkanes of at least 4 members (excludes halogenated alkanes) is 12. The van der Waals surface area contributed by atoms with Gasteiger partial charge in [-0.1, -0.05) is 115 Å². The van der Waals surface area contributed by atoms with Crippen molar-refractivity contribution < 1.29 is 23.0 Å². The van der Waals surface area contributed by atoms with Crippen molar-refractivity contribution >= 4 is 5.97 Å². The Labute approximate surface area is 251 Å². The second-order valence-corrected chi connectivity index (χ2v) is 11.2. The summed E-state index contributed by atoms with van der Waals surface area (Å²) in [5.41, 5.74) is 2.63. The highest BCUT2D eigenvalue weighted by Crippen LogP contribution is 2.27. The summed E-state index contributed by atoms with van der Waals surface area (Å²) in [5.74, 6) is -1.43. The van der Waals surface area contributed by atoms with Gasteiger partial charge in [-0.05, 0) is 72.4 Å². The monoisotopic (exact) mass is 578 g/mol. The van der Waals surface area contributed by atoms with Crippen LogP contribution in [0.3, 0.4) is 0 Å². The lowest BCUT2D eigenvalue weighted by atomic mass is 10.0. The molecule has 0 radical (unpaired) electrons. The number of rotatable bonds is 20. The van der Waals surface area contributed by atoms with Crippen molar-refractivity contribution in [3.05, 3.63) is 83.4 Å². The SMILES string of the molecule is CCCCCCCCCCCCc1ccc(OC(=O)c2ccc(-c3ccc(OCCCCCC)c(F)c3)cc2)c(F)c1. The molecule has 228 valence electrons. The lowest BCUT2D eigenvalue weighted by Gasteiger charge is -2.10. The predicted octanol–water partition coefficient (Wildman–Crippen LogP) is 11.3. The van der Waals surface area contributed by atoms with Crippen LogP contribution < -0.4 is 9.47 Å². The molecule has 0 bridgehead atoms. The summed E-state index contributed by atoms with van der Waals surface area (Å²) < 4.78 is 40.2. The van der Waals surface area contributed by atoms with E-state index in [2.05, 4.69) is 13.8 Å². The van der Waals surface area contributed by atoms with Crippen molar-refractivity contribution in [1.29, 1.82) is 0 Å². The number of hydrogen-bond donors (Lipinski definition) is 0. The fourth-order valence-electron chi connectivity index (χ4n) is 5.07. The highest BCUT2D eigenvalue weighted by atomic mass is 19.1. The predicted molar refractivity (Wildman–Crippen MR) is 168 cm³/mol. The molecule has 0 spiro atoms. The Morgan fingerprint density at radius 2 is 1.14 bits per heavy atom. The zero-order chi connectivity index (χ0) is 30.0. The summed E-state index contributed by atoms with van der Waals surface area (Å²) in [6.07, 6.45) is 17.7. The zero-order valence-electron chi connectivity index (χ0n) is 25.6. The maximum atomic E-state index is 14.7. The molecule has 3 rings (SSSR count). The molecule has 0 N–H and O–H groups in total. The minimum absolute atomic E-state index is 0.0803. The van der Waals surface area contributed by atoms with E-state index in [0.717, 1.165) is 56.1 Å². The fraction of sp³-hybridized carbons (Fsp3) is 0.486. The van der Waals surface area contributed by atoms with E-state index in [0.29, 0.717) is 17.7 Å². The van der Waals surface area contributed by atoms with Crippen molar-refractivity contribution in [2.75, 3.05) is 6.61 Å². The summed E-state index contributed by atoms with van der Waals surface area (Å²) in [6.45, 7) is 4.88. The van der Waals surface area contributed by atoms with E-state index >= 15 is 0 Å². The third-order valence-corrected chi connectivity index (χ3v) is 7.66. The quantitative estimate of drug-likeness (QED) is 0.0760. The Hall–Kier alpha value is -3.21. The number of carbonyl (C=O) groups is 1. The van der Waals surface area contributed by atoms with Crippen molar-refractivity contribution in [3.8, 4) is 22.6 Å². The van der Waals surface area contributed by atoms with Crippen LogP contribution in [0.15, 0.2) is 60.7 Å². The Morgan fingerprint density at radius 1 is 0.595 bits per heavy atom. The highest BCUT2D eigenvalue weighted by Gasteiger charge is 2.14. The van der Waals surface area contributed by atoms with Crippen LogP contribution in [0.2, 0.25) is 0 Å². The number of hydrogen-bond acceptors (Lipinski definition) is 3. The molecule has 0 aromatic heterocycles. The first-order chi connectivity index (χ1) is 20.5. The first-order valence-electron chi connectivity index (χ1n) is 16.0. The molecule has 0 unspecified atom stereocenters. The van der Waals surface area contributed by atoms with E-state index in [9.17, 15) is 13.6 Å². The van der Waals surface area contributed by atoms with Crippen molar-refractivity contribution in [2.24, 2.45) is 0 Å². The summed E-state index contributed by atoms with van der Waals surface area (Å²) in [7, 11) is 0. The van der Waals surface area contributed by atoms with E-state index in [4.69, 9.17) is 9.47 Å². The zero-order valence-corrected chi connectivity index (χ0v) is 25.6. The molecule has 0 saturated heterocycles. The van der Waals surface area contributed by atoms with Crippen molar-refractivity contribution in [2.45, 2.75) is 110 Å². The van der Waals surface area contributed by atoms with E-state index in [1.165, 1.54) is 69.6 Å². The lowest BCUT2D eigenvalue weighted by molar-refractivity contribution is 0.0728. The normalized spacial score (nSPS) is 11.0. The third kappa shape index (κ3) is 11.6. The Morgan fingerprint density at radius 3 is 1.76 bits per heavy atom. The maximum absolute atomic E-state index is 14.7. The lowest BCUT2D eigenvalue weighted by Crippen LogP contribution is -2.09. The third-order valence-electron chi connectivity index (χ3n) is 7.66. The minimum Gasteiger partial charge on any atom is -0.491 e. The molecule has 42 heavy (non-hydrogen) atoms. The molecular formula is C37H48F2O3. The van der Waals surface area contributed by atoms with E-state index in [-0.39, 0.29) is 11.5 Å². The van der Waals surface area contributed by atoms with Gasteiger partial charge in [-0.3, -0.25) is 0 Å². The first kappa shape index (κ1) is 33.3. The molecule has 0 aliphatic heterocycles. The van der Waals surface area contributed by atoms with Gasteiger partial charge >= 0.3 is 5.97 Å². The van der Waals surface area contributed by atoms with E-state index in [1.807, 2.05) is 6.07 Å². The molecular weight excluding hydrogens is 530 g/mol. The van der Waals surface area contributed by atoms with Crippen LogP contribution in [-0.4, -0.2) is 12.6 Å². The molecule has 5 heteroatoms. The number of carbonyl (C=O) groups excluding carboxylic acids is 1. The van der Waals surface area contributed by atoms with Gasteiger partial charge in [0.05, 0.1) is 12.2 Å². The molecule has 3 aromatic carbocycles. The summed E-state index contributed by atoms with van der Waals surface area (Å²) >= 11 is 0. The molecule has 0 aliphatic rings. The Balaban J connectivity index is 1.43. The van der Waals surface area contributed by atoms with Gasteiger partial charge < -0.3 is 9.47 Å². The molecule has 0 saturated carbocycles. The summed E-state index contributed by atoms with van der Waals surface area (Å²) in [4.78, 5) is 12.7. The fourth-order valence-corrected chi connectivity index (χ4v) is 5.07. The molecule has 3 nitrogen and oxygen atoms in total. The van der Waals surface area contributed by atoms with Gasteiger partial charge in [0.15, 0.2) is 23.1 Å². The topological polar surface area (TPSA) is 35.5 Å². The van der Waals surface area contributed by atoms with E-state index < -0.39 is 17.6 Å². The Bertz CT molecular complexity index is 1210. The largest absolute Gasteiger partial charge is 0.491 e. The standard InChI is InChI=1S/C37H48F2O3/c1-3-5-7-9-10-11-12-13-14-15-17-29-18-24-36(33(38)27-29)42-37(40)31-21-19-30(20-22-31)32-23-25-35(34(39)28-32)41-26-16-8-6-4-2/h18-25,27-28H,3-17,26H2,1-2H3. The molecule has 0 amide bonds. The van der Waals surface area contributed by atoms with Gasteiger partial charge in [-0.15, -0.1) is 0 Å². The Kier molecular flexibility index (Phi) is 15.1. The number of esters is 1. The van der Waals surface area contributed by atoms with Crippen molar-refractivity contribution in [1.82, 2.24) is 0 Å². The number of halogens is 2. The van der Waals surface area contributed by atoms with Crippen molar-refractivity contribution in [3.63, 3.8) is 0 Å². The highest BCUT2D eigenvalue weighted by molar-refractivity contribution is 5.91. The van der Waals surface area contributed by atoms with Crippen LogP contribution >= 0.6 is 0 Å². The van der Waals surface area contributed by atoms with Gasteiger partial charge in [-0.25, -0.2) is 13.6 Å². The van der Waals surface area contributed by atoms with Crippen LogP contribution in [0.1, 0.15) is 120 Å². The van der Waals surface area contributed by atoms with Crippen LogP contribution in [0.4, 0.5) is 8.78 Å². The average molecular weight is 579 g/mol. The average Bonchev–Trinajstić information content (AvgIpc) is 3.00. The van der Waals surface area contributed by atoms with Crippen LogP contribution in [0.5, 0.6) is 11.5 Å². The molecule has 0 fully saturated rings. The summed E-state index contributed by atoms with van der Waals surface area (Å²) in [6, 6.07) is 16.3. The first-order valence-corrected chi connectivity index (χ1v) is 16.0. The van der Waals surface area contributed by atoms with Gasteiger partial charge in [-0.2, -0.15) is 0 Å². The van der Waals surface area contributed by atoms with Gasteiger partial charge in [0.2, 0.25) is 0 Å². The van der Waals surface area contributed by atoms with E-state index in [1.54, 1.807) is 36.4 Å². The van der Waals surface area contributed by atoms with Crippen LogP contribution in [-0.2, 0) is 6.42 Å². The smallest absolute Gasteiger partial charge is 0.343 e. The number of benzene rings is 3. The second kappa shape index (κ2) is 19.1. The molecule has 3 aromatic rings. The van der Waals surface area contributed by atoms with Crippen LogP contribution in [0, 0.1) is 11.6 Å². The number of aryl methyl sites for hydroxylation is 1. The summed E-state index contributed by atoms with van der Waals surface area (Å²) in [5, 5.41) is 0. The van der Waals surface area contributed by atoms with Gasteiger partial charge in [0.1, 0.15) is 0 Å².